The average molecular weight is 787 g/mol. The van der Waals surface area contributed by atoms with Gasteiger partial charge in [-0.15, -0.1) is 0 Å². The summed E-state index contributed by atoms with van der Waals surface area (Å²) in [7, 11) is 0. The number of epoxide rings is 4. The summed E-state index contributed by atoms with van der Waals surface area (Å²) < 4.78 is 42.3. The molecule has 4 aliphatic heterocycles. The van der Waals surface area contributed by atoms with Crippen LogP contribution in [-0.4, -0.2) is 99.1 Å². The standard InChI is InChI=1S/C28H48O6.C16H18O6/c1-3-5-7-9-11-15-23-25(33-23)17-13-21-31-27(29)19-20-28(30)32-22-14-18-26-24(34-26)16-12-10-8-6-4-2;1-9-13(21-9)7-19-15(17)11-3-5-12(6-4-11)16(18)20-8-14-10(2)22-14/h19-20,23-26H,3-18,21-22H2,1-2H3;3-6,9-10,13-14H,7-8H2,1-2H3/b20-19-;. The van der Waals surface area contributed by atoms with Crippen molar-refractivity contribution in [1.82, 2.24) is 0 Å². The zero-order valence-corrected chi connectivity index (χ0v) is 34.1. The molecule has 5 rings (SSSR count). The highest BCUT2D eigenvalue weighted by Gasteiger charge is 2.38. The van der Waals surface area contributed by atoms with Crippen LogP contribution >= 0.6 is 0 Å². The second kappa shape index (κ2) is 25.1. The zero-order chi connectivity index (χ0) is 40.1. The Labute approximate surface area is 333 Å². The van der Waals surface area contributed by atoms with Gasteiger partial charge < -0.3 is 37.9 Å². The number of carbonyl (C=O) groups excluding carboxylic acids is 4. The van der Waals surface area contributed by atoms with E-state index in [1.54, 1.807) is 24.3 Å². The van der Waals surface area contributed by atoms with E-state index in [1.165, 1.54) is 64.2 Å². The molecule has 0 spiro atoms. The molecule has 0 saturated carbocycles. The molecule has 8 atom stereocenters. The highest BCUT2D eigenvalue weighted by molar-refractivity contribution is 5.93. The summed E-state index contributed by atoms with van der Waals surface area (Å²) in [4.78, 5) is 47.1. The third kappa shape index (κ3) is 18.7. The van der Waals surface area contributed by atoms with Gasteiger partial charge in [-0.05, 0) is 76.6 Å². The van der Waals surface area contributed by atoms with Crippen LogP contribution in [0.15, 0.2) is 36.4 Å². The van der Waals surface area contributed by atoms with Crippen LogP contribution in [0.5, 0.6) is 0 Å². The van der Waals surface area contributed by atoms with Gasteiger partial charge in [-0.25, -0.2) is 19.2 Å². The number of esters is 4. The SMILES string of the molecule is CC1OC1COC(=O)c1ccc(C(=O)OCC2OC2C)cc1.CCCCCCCC1OC1CCCOC(=O)/C=C\C(=O)OCCCC1OC1CCCCCCC. The molecule has 12 heteroatoms. The normalized spacial score (nSPS) is 25.4. The lowest BCUT2D eigenvalue weighted by Gasteiger charge is -2.05. The van der Waals surface area contributed by atoms with Gasteiger partial charge in [-0.1, -0.05) is 78.1 Å². The lowest BCUT2D eigenvalue weighted by molar-refractivity contribution is -0.140. The van der Waals surface area contributed by atoms with Gasteiger partial charge in [0.05, 0.1) is 61.0 Å². The molecule has 314 valence electrons. The second-order valence-electron chi connectivity index (χ2n) is 15.3. The molecule has 4 fully saturated rings. The molecule has 0 aliphatic carbocycles. The smallest absolute Gasteiger partial charge is 0.338 e. The van der Waals surface area contributed by atoms with Gasteiger partial charge in [0.1, 0.15) is 25.4 Å². The minimum atomic E-state index is -0.505. The fourth-order valence-corrected chi connectivity index (χ4v) is 6.45. The Morgan fingerprint density at radius 3 is 1.16 bits per heavy atom. The molecule has 4 heterocycles. The Balaban J connectivity index is 0.000000271. The molecular weight excluding hydrogens is 720 g/mol. The highest BCUT2D eigenvalue weighted by atomic mass is 16.6. The first-order valence-corrected chi connectivity index (χ1v) is 21.3. The van der Waals surface area contributed by atoms with E-state index >= 15 is 0 Å². The van der Waals surface area contributed by atoms with E-state index in [0.29, 0.717) is 48.8 Å². The number of benzene rings is 1. The summed E-state index contributed by atoms with van der Waals surface area (Å²) in [6.07, 6.45) is 22.7. The monoisotopic (exact) mass is 786 g/mol. The maximum absolute atomic E-state index is 11.8. The Morgan fingerprint density at radius 2 is 0.821 bits per heavy atom. The van der Waals surface area contributed by atoms with Crippen LogP contribution in [0.25, 0.3) is 0 Å². The first-order valence-electron chi connectivity index (χ1n) is 21.3. The summed E-state index contributed by atoms with van der Waals surface area (Å²) in [5.74, 6) is -1.87. The fraction of sp³-hybridized carbons (Fsp3) is 0.727. The van der Waals surface area contributed by atoms with Gasteiger partial charge in [0.15, 0.2) is 0 Å². The van der Waals surface area contributed by atoms with E-state index in [9.17, 15) is 19.2 Å². The highest BCUT2D eigenvalue weighted by Crippen LogP contribution is 2.32. The van der Waals surface area contributed by atoms with Crippen molar-refractivity contribution in [2.45, 2.75) is 179 Å². The van der Waals surface area contributed by atoms with Crippen molar-refractivity contribution >= 4 is 23.9 Å². The van der Waals surface area contributed by atoms with Crippen LogP contribution in [0.2, 0.25) is 0 Å². The Morgan fingerprint density at radius 1 is 0.482 bits per heavy atom. The number of unbranched alkanes of at least 4 members (excludes halogenated alkanes) is 8. The second-order valence-corrected chi connectivity index (χ2v) is 15.3. The predicted molar refractivity (Wildman–Crippen MR) is 209 cm³/mol. The van der Waals surface area contributed by atoms with Crippen molar-refractivity contribution in [1.29, 1.82) is 0 Å². The summed E-state index contributed by atoms with van der Waals surface area (Å²) in [5, 5.41) is 0. The van der Waals surface area contributed by atoms with Gasteiger partial charge in [0.25, 0.3) is 0 Å². The average Bonchev–Trinajstić information content (AvgIpc) is 4.05. The molecule has 12 nitrogen and oxygen atoms in total. The van der Waals surface area contributed by atoms with Crippen LogP contribution in [0.1, 0.15) is 151 Å². The van der Waals surface area contributed by atoms with E-state index < -0.39 is 23.9 Å². The Hall–Kier alpha value is -3.32. The number of carbonyl (C=O) groups is 4. The van der Waals surface area contributed by atoms with Crippen molar-refractivity contribution in [3.05, 3.63) is 47.5 Å². The summed E-state index contributed by atoms with van der Waals surface area (Å²) in [6, 6.07) is 6.19. The van der Waals surface area contributed by atoms with Crippen LogP contribution < -0.4 is 0 Å². The summed E-state index contributed by atoms with van der Waals surface area (Å²) >= 11 is 0. The molecule has 1 aromatic rings. The molecular formula is C44H66O12. The van der Waals surface area contributed by atoms with Gasteiger partial charge >= 0.3 is 23.9 Å². The molecule has 56 heavy (non-hydrogen) atoms. The molecule has 0 bridgehead atoms. The fourth-order valence-electron chi connectivity index (χ4n) is 6.45. The Bertz CT molecular complexity index is 1260. The van der Waals surface area contributed by atoms with Gasteiger partial charge in [-0.2, -0.15) is 0 Å². The third-order valence-electron chi connectivity index (χ3n) is 10.5. The largest absolute Gasteiger partial charge is 0.463 e. The first-order chi connectivity index (χ1) is 27.2. The minimum absolute atomic E-state index is 0.00485. The maximum Gasteiger partial charge on any atom is 0.338 e. The topological polar surface area (TPSA) is 155 Å². The minimum Gasteiger partial charge on any atom is -0.463 e. The van der Waals surface area contributed by atoms with Crippen molar-refractivity contribution in [2.24, 2.45) is 0 Å². The number of ether oxygens (including phenoxy) is 8. The van der Waals surface area contributed by atoms with Crippen LogP contribution in [0, 0.1) is 0 Å². The number of rotatable bonds is 28. The molecule has 0 radical (unpaired) electrons. The van der Waals surface area contributed by atoms with Crippen LogP contribution in [0.3, 0.4) is 0 Å². The van der Waals surface area contributed by atoms with Gasteiger partial charge in [0, 0.05) is 12.2 Å². The van der Waals surface area contributed by atoms with E-state index in [4.69, 9.17) is 37.9 Å². The summed E-state index contributed by atoms with van der Waals surface area (Å²) in [5.41, 5.74) is 0.785. The molecule has 4 saturated heterocycles. The van der Waals surface area contributed by atoms with Gasteiger partial charge in [-0.3, -0.25) is 0 Å². The molecule has 1 aromatic carbocycles. The van der Waals surface area contributed by atoms with Crippen LogP contribution in [0.4, 0.5) is 0 Å². The lowest BCUT2D eigenvalue weighted by Crippen LogP contribution is -2.13. The summed E-state index contributed by atoms with van der Waals surface area (Å²) in [6.45, 7) is 9.51. The molecule has 4 aliphatic rings. The molecule has 0 N–H and O–H groups in total. The van der Waals surface area contributed by atoms with E-state index in [1.807, 2.05) is 13.8 Å². The van der Waals surface area contributed by atoms with Crippen LogP contribution in [-0.2, 0) is 47.5 Å². The van der Waals surface area contributed by atoms with Gasteiger partial charge in [0.2, 0.25) is 0 Å². The molecule has 0 aromatic heterocycles. The maximum atomic E-state index is 11.8. The lowest BCUT2D eigenvalue weighted by atomic mass is 10.1. The number of hydrogen-bond donors (Lipinski definition) is 0. The van der Waals surface area contributed by atoms with E-state index in [2.05, 4.69) is 13.8 Å². The van der Waals surface area contributed by atoms with Crippen molar-refractivity contribution < 1.29 is 57.1 Å². The van der Waals surface area contributed by atoms with Crippen molar-refractivity contribution in [3.8, 4) is 0 Å². The quantitative estimate of drug-likeness (QED) is 0.0266. The molecule has 0 amide bonds. The van der Waals surface area contributed by atoms with Crippen molar-refractivity contribution in [2.75, 3.05) is 26.4 Å². The first kappa shape index (κ1) is 45.4. The Kier molecular flexibility index (Phi) is 20.4. The van der Waals surface area contributed by atoms with Crippen molar-refractivity contribution in [3.63, 3.8) is 0 Å². The zero-order valence-electron chi connectivity index (χ0n) is 34.1. The van der Waals surface area contributed by atoms with E-state index in [0.717, 1.165) is 50.7 Å². The predicted octanol–water partition coefficient (Wildman–Crippen LogP) is 8.02. The van der Waals surface area contributed by atoms with E-state index in [-0.39, 0.29) is 37.6 Å². The third-order valence-corrected chi connectivity index (χ3v) is 10.5. The number of hydrogen-bond acceptors (Lipinski definition) is 12. The molecule has 8 unspecified atom stereocenters.